The van der Waals surface area contributed by atoms with Crippen molar-refractivity contribution in [1.82, 2.24) is 9.80 Å². The molecular weight excluding hydrogens is 228 g/mol. The zero-order valence-corrected chi connectivity index (χ0v) is 11.1. The number of rotatable bonds is 3. The molecule has 1 aliphatic carbocycles. The summed E-state index contributed by atoms with van der Waals surface area (Å²) in [5, 5.41) is 9.28. The number of aliphatic carboxylic acids is 1. The highest BCUT2D eigenvalue weighted by atomic mass is 16.4. The van der Waals surface area contributed by atoms with Crippen LogP contribution in [0.5, 0.6) is 0 Å². The normalized spacial score (nSPS) is 38.6. The van der Waals surface area contributed by atoms with Gasteiger partial charge in [-0.2, -0.15) is 0 Å². The molecule has 3 atom stereocenters. The van der Waals surface area contributed by atoms with Gasteiger partial charge in [-0.25, -0.2) is 0 Å². The summed E-state index contributed by atoms with van der Waals surface area (Å²) in [6.45, 7) is 4.72. The Morgan fingerprint density at radius 2 is 1.72 bits per heavy atom. The van der Waals surface area contributed by atoms with Gasteiger partial charge in [-0.1, -0.05) is 6.42 Å². The molecule has 0 aromatic heterocycles. The van der Waals surface area contributed by atoms with Crippen molar-refractivity contribution < 1.29 is 9.90 Å². The van der Waals surface area contributed by atoms with Crippen molar-refractivity contribution in [3.8, 4) is 0 Å². The Morgan fingerprint density at radius 3 is 2.44 bits per heavy atom. The van der Waals surface area contributed by atoms with Gasteiger partial charge >= 0.3 is 5.97 Å². The molecule has 3 rings (SSSR count). The Labute approximate surface area is 109 Å². The molecule has 3 unspecified atom stereocenters. The van der Waals surface area contributed by atoms with E-state index in [0.717, 1.165) is 32.4 Å². The van der Waals surface area contributed by atoms with Gasteiger partial charge in [0.25, 0.3) is 0 Å². The van der Waals surface area contributed by atoms with Gasteiger partial charge in [-0.3, -0.25) is 14.6 Å². The van der Waals surface area contributed by atoms with Crippen molar-refractivity contribution in [2.45, 2.75) is 50.6 Å². The van der Waals surface area contributed by atoms with Crippen LogP contribution in [0.25, 0.3) is 0 Å². The van der Waals surface area contributed by atoms with Crippen molar-refractivity contribution in [2.24, 2.45) is 5.92 Å². The fraction of sp³-hybridized carbons (Fsp3) is 0.929. The Balaban J connectivity index is 1.59. The quantitative estimate of drug-likeness (QED) is 0.825. The van der Waals surface area contributed by atoms with Crippen LogP contribution < -0.4 is 0 Å². The van der Waals surface area contributed by atoms with Crippen molar-refractivity contribution >= 4 is 5.97 Å². The molecule has 0 amide bonds. The summed E-state index contributed by atoms with van der Waals surface area (Å²) in [5.74, 6) is -0.690. The maximum Gasteiger partial charge on any atom is 0.308 e. The fourth-order valence-electron chi connectivity index (χ4n) is 4.14. The number of hydrogen-bond acceptors (Lipinski definition) is 3. The molecule has 4 nitrogen and oxygen atoms in total. The highest BCUT2D eigenvalue weighted by Crippen LogP contribution is 2.33. The van der Waals surface area contributed by atoms with E-state index in [4.69, 9.17) is 0 Å². The van der Waals surface area contributed by atoms with E-state index in [2.05, 4.69) is 9.80 Å². The van der Waals surface area contributed by atoms with Gasteiger partial charge in [0.05, 0.1) is 5.92 Å². The van der Waals surface area contributed by atoms with Gasteiger partial charge in [0.15, 0.2) is 0 Å². The third-order valence-corrected chi connectivity index (χ3v) is 5.12. The van der Waals surface area contributed by atoms with E-state index in [1.165, 1.54) is 32.4 Å². The fourth-order valence-corrected chi connectivity index (χ4v) is 4.14. The second-order valence-electron chi connectivity index (χ2n) is 6.12. The smallest absolute Gasteiger partial charge is 0.308 e. The summed E-state index contributed by atoms with van der Waals surface area (Å²) >= 11 is 0. The van der Waals surface area contributed by atoms with Crippen LogP contribution in [0.4, 0.5) is 0 Å². The molecule has 0 aromatic rings. The first kappa shape index (κ1) is 12.4. The van der Waals surface area contributed by atoms with E-state index in [-0.39, 0.29) is 5.92 Å². The number of carbonyl (C=O) groups is 1. The molecule has 2 saturated heterocycles. The third-order valence-electron chi connectivity index (χ3n) is 5.12. The summed E-state index contributed by atoms with van der Waals surface area (Å²) in [6.07, 6.45) is 6.99. The monoisotopic (exact) mass is 252 g/mol. The summed E-state index contributed by atoms with van der Waals surface area (Å²) < 4.78 is 0. The van der Waals surface area contributed by atoms with Crippen molar-refractivity contribution in [3.05, 3.63) is 0 Å². The van der Waals surface area contributed by atoms with E-state index >= 15 is 0 Å². The lowest BCUT2D eigenvalue weighted by Crippen LogP contribution is -2.42. The Bertz CT molecular complexity index is 315. The zero-order chi connectivity index (χ0) is 12.5. The molecule has 2 aliphatic heterocycles. The lowest BCUT2D eigenvalue weighted by Gasteiger charge is -2.29. The number of nitrogens with zero attached hydrogens (tertiary/aromatic N) is 2. The number of hydrogen-bond donors (Lipinski definition) is 1. The average Bonchev–Trinajstić information content (AvgIpc) is 3.10. The molecular formula is C14H24N2O2. The molecule has 0 aromatic carbocycles. The molecule has 18 heavy (non-hydrogen) atoms. The lowest BCUT2D eigenvalue weighted by molar-refractivity contribution is -0.143. The zero-order valence-electron chi connectivity index (χ0n) is 11.1. The van der Waals surface area contributed by atoms with Gasteiger partial charge in [0, 0.05) is 25.2 Å². The minimum absolute atomic E-state index is 0.109. The van der Waals surface area contributed by atoms with E-state index in [1.54, 1.807) is 0 Å². The molecule has 0 radical (unpaired) electrons. The van der Waals surface area contributed by atoms with Crippen LogP contribution >= 0.6 is 0 Å². The van der Waals surface area contributed by atoms with Crippen LogP contribution in [0.1, 0.15) is 38.5 Å². The van der Waals surface area contributed by atoms with Gasteiger partial charge < -0.3 is 5.11 Å². The van der Waals surface area contributed by atoms with E-state index in [1.807, 2.05) is 0 Å². The summed E-state index contributed by atoms with van der Waals surface area (Å²) in [6, 6.07) is 1.01. The predicted molar refractivity (Wildman–Crippen MR) is 69.5 cm³/mol. The number of likely N-dealkylation sites (tertiary alicyclic amines) is 2. The highest BCUT2D eigenvalue weighted by molar-refractivity contribution is 5.71. The Kier molecular flexibility index (Phi) is 3.57. The lowest BCUT2D eigenvalue weighted by atomic mass is 10.0. The maximum atomic E-state index is 11.3. The molecule has 3 aliphatic rings. The highest BCUT2D eigenvalue weighted by Gasteiger charge is 2.40. The number of carboxylic acid groups (broad SMARTS) is 1. The summed E-state index contributed by atoms with van der Waals surface area (Å²) in [4.78, 5) is 16.4. The van der Waals surface area contributed by atoms with Crippen LogP contribution in [-0.4, -0.2) is 59.1 Å². The van der Waals surface area contributed by atoms with Gasteiger partial charge in [0.2, 0.25) is 0 Å². The van der Waals surface area contributed by atoms with E-state index in [9.17, 15) is 9.90 Å². The van der Waals surface area contributed by atoms with Gasteiger partial charge in [0.1, 0.15) is 0 Å². The third kappa shape index (κ3) is 2.28. The molecule has 2 heterocycles. The van der Waals surface area contributed by atoms with Crippen LogP contribution in [-0.2, 0) is 4.79 Å². The molecule has 102 valence electrons. The first-order valence-corrected chi connectivity index (χ1v) is 7.46. The largest absolute Gasteiger partial charge is 0.481 e. The second kappa shape index (κ2) is 5.17. The SMILES string of the molecule is O=C(O)C1CCCC1N1CCC(N2CCCC2)C1. The first-order chi connectivity index (χ1) is 8.75. The Hall–Kier alpha value is -0.610. The second-order valence-corrected chi connectivity index (χ2v) is 6.12. The minimum Gasteiger partial charge on any atom is -0.481 e. The number of carboxylic acids is 1. The average molecular weight is 252 g/mol. The molecule has 1 saturated carbocycles. The predicted octanol–water partition coefficient (Wildman–Crippen LogP) is 1.41. The summed E-state index contributed by atoms with van der Waals surface area (Å²) in [5.41, 5.74) is 0. The molecule has 0 spiro atoms. The summed E-state index contributed by atoms with van der Waals surface area (Å²) in [7, 11) is 0. The minimum atomic E-state index is -0.581. The molecule has 3 fully saturated rings. The van der Waals surface area contributed by atoms with Gasteiger partial charge in [-0.05, 0) is 45.2 Å². The van der Waals surface area contributed by atoms with E-state index < -0.39 is 5.97 Å². The van der Waals surface area contributed by atoms with Crippen molar-refractivity contribution in [3.63, 3.8) is 0 Å². The molecule has 0 bridgehead atoms. The van der Waals surface area contributed by atoms with Crippen LogP contribution in [0.2, 0.25) is 0 Å². The van der Waals surface area contributed by atoms with Crippen molar-refractivity contribution in [1.29, 1.82) is 0 Å². The molecule has 1 N–H and O–H groups in total. The van der Waals surface area contributed by atoms with Crippen LogP contribution in [0, 0.1) is 5.92 Å². The van der Waals surface area contributed by atoms with E-state index in [0.29, 0.717) is 12.1 Å². The van der Waals surface area contributed by atoms with Gasteiger partial charge in [-0.15, -0.1) is 0 Å². The molecule has 4 heteroatoms. The topological polar surface area (TPSA) is 43.8 Å². The van der Waals surface area contributed by atoms with Crippen LogP contribution in [0.15, 0.2) is 0 Å². The van der Waals surface area contributed by atoms with Crippen LogP contribution in [0.3, 0.4) is 0 Å². The van der Waals surface area contributed by atoms with Crippen molar-refractivity contribution in [2.75, 3.05) is 26.2 Å². The maximum absolute atomic E-state index is 11.3. The first-order valence-electron chi connectivity index (χ1n) is 7.46. The Morgan fingerprint density at radius 1 is 0.944 bits per heavy atom. The standard InChI is InChI=1S/C14H24N2O2/c17-14(18)12-4-3-5-13(12)16-9-6-11(10-16)15-7-1-2-8-15/h11-13H,1-10H2,(H,17,18).